The van der Waals surface area contributed by atoms with Crippen LogP contribution < -0.4 is 0 Å². The predicted molar refractivity (Wildman–Crippen MR) is 77.8 cm³/mol. The van der Waals surface area contributed by atoms with Crippen molar-refractivity contribution in [1.82, 2.24) is 0 Å². The van der Waals surface area contributed by atoms with E-state index in [1.807, 2.05) is 19.1 Å². The largest absolute Gasteiger partial charge is 0.463 e. The van der Waals surface area contributed by atoms with Crippen LogP contribution in [-0.2, 0) is 16.0 Å². The van der Waals surface area contributed by atoms with Crippen LogP contribution in [0.5, 0.6) is 0 Å². The summed E-state index contributed by atoms with van der Waals surface area (Å²) in [6.07, 6.45) is 7.59. The third-order valence-corrected chi connectivity index (χ3v) is 3.59. The van der Waals surface area contributed by atoms with Gasteiger partial charge in [0.15, 0.2) is 0 Å². The van der Waals surface area contributed by atoms with Gasteiger partial charge in [-0.05, 0) is 31.6 Å². The summed E-state index contributed by atoms with van der Waals surface area (Å²) in [5.41, 5.74) is 1.33. The molecule has 0 aliphatic carbocycles. The van der Waals surface area contributed by atoms with Crippen LogP contribution in [-0.4, -0.2) is 24.1 Å². The van der Waals surface area contributed by atoms with E-state index in [2.05, 4.69) is 30.5 Å². The molecule has 1 aromatic rings. The first kappa shape index (κ1) is 14.8. The Balaban J connectivity index is 2.40. The second-order valence-corrected chi connectivity index (χ2v) is 4.99. The summed E-state index contributed by atoms with van der Waals surface area (Å²) in [4.78, 5) is 11.2. The monoisotopic (exact) mass is 264 g/mol. The molecule has 0 saturated carbocycles. The topological polar surface area (TPSA) is 26.3 Å². The van der Waals surface area contributed by atoms with Crippen LogP contribution in [0.25, 0.3) is 0 Å². The quantitative estimate of drug-likeness (QED) is 0.557. The SMILES string of the molecule is CCOC(=O)/C=C/C(CCc1ccccc1)SC. The molecular weight excluding hydrogens is 244 g/mol. The van der Waals surface area contributed by atoms with Crippen LogP contribution in [0.3, 0.4) is 0 Å². The molecule has 18 heavy (non-hydrogen) atoms. The molecule has 0 aliphatic rings. The summed E-state index contributed by atoms with van der Waals surface area (Å²) < 4.78 is 4.86. The molecule has 0 bridgehead atoms. The Hall–Kier alpha value is -1.22. The van der Waals surface area contributed by atoms with Crippen LogP contribution in [0.1, 0.15) is 18.9 Å². The van der Waals surface area contributed by atoms with Gasteiger partial charge in [0.05, 0.1) is 6.61 Å². The maximum atomic E-state index is 11.2. The van der Waals surface area contributed by atoms with Gasteiger partial charge in [-0.3, -0.25) is 0 Å². The highest BCUT2D eigenvalue weighted by atomic mass is 32.2. The lowest BCUT2D eigenvalue weighted by molar-refractivity contribution is -0.137. The minimum absolute atomic E-state index is 0.253. The van der Waals surface area contributed by atoms with Crippen LogP contribution in [0.2, 0.25) is 0 Å². The van der Waals surface area contributed by atoms with Gasteiger partial charge in [0.2, 0.25) is 0 Å². The molecule has 2 nitrogen and oxygen atoms in total. The van der Waals surface area contributed by atoms with Crippen LogP contribution in [0, 0.1) is 0 Å². The predicted octanol–water partition coefficient (Wildman–Crippen LogP) is 3.47. The molecule has 0 saturated heterocycles. The number of thioether (sulfide) groups is 1. The van der Waals surface area contributed by atoms with Gasteiger partial charge in [-0.2, -0.15) is 11.8 Å². The van der Waals surface area contributed by atoms with Gasteiger partial charge in [-0.25, -0.2) is 4.79 Å². The minimum Gasteiger partial charge on any atom is -0.463 e. The number of carbonyl (C=O) groups is 1. The summed E-state index contributed by atoms with van der Waals surface area (Å²) in [5.74, 6) is -0.253. The van der Waals surface area contributed by atoms with E-state index in [9.17, 15) is 4.79 Å². The highest BCUT2D eigenvalue weighted by Crippen LogP contribution is 2.16. The second kappa shape index (κ2) is 8.81. The Morgan fingerprint density at radius 3 is 2.72 bits per heavy atom. The average Bonchev–Trinajstić information content (AvgIpc) is 2.40. The van der Waals surface area contributed by atoms with Gasteiger partial charge in [-0.15, -0.1) is 0 Å². The number of carbonyl (C=O) groups excluding carboxylic acids is 1. The lowest BCUT2D eigenvalue weighted by atomic mass is 10.1. The second-order valence-electron chi connectivity index (χ2n) is 3.91. The third-order valence-electron chi connectivity index (χ3n) is 2.60. The first-order valence-corrected chi connectivity index (χ1v) is 7.46. The standard InChI is InChI=1S/C15H20O2S/c1-3-17-15(16)12-11-14(18-2)10-9-13-7-5-4-6-8-13/h4-8,11-12,14H,3,9-10H2,1-2H3/b12-11+. The molecule has 0 N–H and O–H groups in total. The van der Waals surface area contributed by atoms with Crippen molar-refractivity contribution in [2.24, 2.45) is 0 Å². The van der Waals surface area contributed by atoms with E-state index in [0.717, 1.165) is 12.8 Å². The normalized spacial score (nSPS) is 12.6. The summed E-state index contributed by atoms with van der Waals surface area (Å²) in [6.45, 7) is 2.24. The Morgan fingerprint density at radius 1 is 1.39 bits per heavy atom. The first-order chi connectivity index (χ1) is 8.76. The molecule has 0 fully saturated rings. The van der Waals surface area contributed by atoms with Crippen molar-refractivity contribution in [2.45, 2.75) is 25.0 Å². The van der Waals surface area contributed by atoms with E-state index in [0.29, 0.717) is 11.9 Å². The zero-order valence-corrected chi connectivity index (χ0v) is 11.8. The fraction of sp³-hybridized carbons (Fsp3) is 0.400. The van der Waals surface area contributed by atoms with E-state index in [4.69, 9.17) is 4.74 Å². The number of aryl methyl sites for hydroxylation is 1. The molecule has 0 aromatic heterocycles. The highest BCUT2D eigenvalue weighted by molar-refractivity contribution is 7.99. The molecule has 0 radical (unpaired) electrons. The van der Waals surface area contributed by atoms with Crippen LogP contribution in [0.4, 0.5) is 0 Å². The van der Waals surface area contributed by atoms with E-state index in [1.54, 1.807) is 11.8 Å². The highest BCUT2D eigenvalue weighted by Gasteiger charge is 2.04. The van der Waals surface area contributed by atoms with Gasteiger partial charge in [-0.1, -0.05) is 36.4 Å². The summed E-state index contributed by atoms with van der Waals surface area (Å²) >= 11 is 1.75. The molecule has 1 rings (SSSR count). The van der Waals surface area contributed by atoms with Crippen molar-refractivity contribution < 1.29 is 9.53 Å². The van der Waals surface area contributed by atoms with Gasteiger partial charge in [0.1, 0.15) is 0 Å². The van der Waals surface area contributed by atoms with Crippen molar-refractivity contribution in [3.8, 4) is 0 Å². The molecular formula is C15H20O2S. The first-order valence-electron chi connectivity index (χ1n) is 6.18. The van der Waals surface area contributed by atoms with E-state index in [1.165, 1.54) is 11.6 Å². The van der Waals surface area contributed by atoms with Gasteiger partial charge in [0.25, 0.3) is 0 Å². The van der Waals surface area contributed by atoms with E-state index < -0.39 is 0 Å². The van der Waals surface area contributed by atoms with Gasteiger partial charge >= 0.3 is 5.97 Å². The van der Waals surface area contributed by atoms with E-state index in [-0.39, 0.29) is 5.97 Å². The maximum Gasteiger partial charge on any atom is 0.330 e. The molecule has 0 spiro atoms. The number of ether oxygens (including phenoxy) is 1. The minimum atomic E-state index is -0.253. The van der Waals surface area contributed by atoms with Crippen LogP contribution >= 0.6 is 11.8 Å². The smallest absolute Gasteiger partial charge is 0.330 e. The molecule has 98 valence electrons. The number of rotatable bonds is 7. The van der Waals surface area contributed by atoms with Gasteiger partial charge < -0.3 is 4.74 Å². The third kappa shape index (κ3) is 5.92. The fourth-order valence-electron chi connectivity index (χ4n) is 1.62. The van der Waals surface area contributed by atoms with E-state index >= 15 is 0 Å². The molecule has 0 amide bonds. The fourth-order valence-corrected chi connectivity index (χ4v) is 2.21. The molecule has 0 heterocycles. The molecule has 3 heteroatoms. The molecule has 0 aliphatic heterocycles. The zero-order chi connectivity index (χ0) is 13.2. The molecule has 1 atom stereocenters. The Morgan fingerprint density at radius 2 is 2.11 bits per heavy atom. The summed E-state index contributed by atoms with van der Waals surface area (Å²) in [6, 6.07) is 10.4. The number of hydrogen-bond donors (Lipinski definition) is 0. The van der Waals surface area contributed by atoms with Crippen molar-refractivity contribution in [1.29, 1.82) is 0 Å². The average molecular weight is 264 g/mol. The lowest BCUT2D eigenvalue weighted by Crippen LogP contribution is -2.04. The maximum absolute atomic E-state index is 11.2. The summed E-state index contributed by atoms with van der Waals surface area (Å²) in [5, 5.41) is 0.356. The Labute approximate surface area is 113 Å². The number of esters is 1. The van der Waals surface area contributed by atoms with Crippen molar-refractivity contribution in [2.75, 3.05) is 12.9 Å². The van der Waals surface area contributed by atoms with Crippen molar-refractivity contribution in [3.63, 3.8) is 0 Å². The Kier molecular flexibility index (Phi) is 7.26. The Bertz CT molecular complexity index is 373. The van der Waals surface area contributed by atoms with Crippen molar-refractivity contribution in [3.05, 3.63) is 48.0 Å². The summed E-state index contributed by atoms with van der Waals surface area (Å²) in [7, 11) is 0. The van der Waals surface area contributed by atoms with Crippen molar-refractivity contribution >= 4 is 17.7 Å². The zero-order valence-electron chi connectivity index (χ0n) is 11.0. The number of benzene rings is 1. The number of hydrogen-bond acceptors (Lipinski definition) is 3. The molecule has 1 aromatic carbocycles. The lowest BCUT2D eigenvalue weighted by Gasteiger charge is -2.09. The van der Waals surface area contributed by atoms with Crippen LogP contribution in [0.15, 0.2) is 42.5 Å². The molecule has 1 unspecified atom stereocenters. The van der Waals surface area contributed by atoms with Gasteiger partial charge in [0, 0.05) is 11.3 Å².